The third-order valence-corrected chi connectivity index (χ3v) is 3.44. The van der Waals surface area contributed by atoms with Gasteiger partial charge >= 0.3 is 16.0 Å². The molecule has 0 unspecified atom stereocenters. The summed E-state index contributed by atoms with van der Waals surface area (Å²) >= 11 is 0. The highest BCUT2D eigenvalue weighted by molar-refractivity contribution is 7.90. The number of hydrogen-bond acceptors (Lipinski definition) is 6. The number of aromatic nitrogens is 1. The Balaban J connectivity index is 2.18. The van der Waals surface area contributed by atoms with Crippen molar-refractivity contribution in [1.29, 1.82) is 0 Å². The third-order valence-electron chi connectivity index (χ3n) is 2.17. The van der Waals surface area contributed by atoms with Gasteiger partial charge in [0.1, 0.15) is 5.84 Å². The minimum absolute atomic E-state index is 0.0757. The van der Waals surface area contributed by atoms with E-state index in [-0.39, 0.29) is 23.9 Å². The molecule has 0 saturated heterocycles. The Kier molecular flexibility index (Phi) is 3.28. The molecule has 0 fully saturated rings. The second-order valence-electron chi connectivity index (χ2n) is 3.58. The van der Waals surface area contributed by atoms with E-state index in [2.05, 4.69) is 14.7 Å². The van der Waals surface area contributed by atoms with Crippen LogP contribution in [0.25, 0.3) is 0 Å². The molecule has 1 aromatic heterocycles. The van der Waals surface area contributed by atoms with Gasteiger partial charge in [-0.25, -0.2) is 4.98 Å². The van der Waals surface area contributed by atoms with Gasteiger partial charge < -0.3 is 10.1 Å². The van der Waals surface area contributed by atoms with E-state index in [9.17, 15) is 13.2 Å². The average molecular weight is 269 g/mol. The molecular formula is C10H11N3O4S. The van der Waals surface area contributed by atoms with E-state index in [0.717, 1.165) is 0 Å². The number of carbonyl (C=O) groups is 1. The number of nitrogens with one attached hydrogen (secondary N) is 1. The maximum atomic E-state index is 11.8. The lowest BCUT2D eigenvalue weighted by molar-refractivity contribution is -0.140. The number of rotatable bonds is 3. The monoisotopic (exact) mass is 269 g/mol. The molecular weight excluding hydrogens is 258 g/mol. The van der Waals surface area contributed by atoms with Gasteiger partial charge in [0.15, 0.2) is 0 Å². The second kappa shape index (κ2) is 4.73. The number of carbonyl (C=O) groups excluding carboxylic acids is 1. The van der Waals surface area contributed by atoms with Gasteiger partial charge in [0.05, 0.1) is 12.3 Å². The first kappa shape index (κ1) is 12.5. The number of hydrogen-bond donors (Lipinski definition) is 1. The van der Waals surface area contributed by atoms with Crippen molar-refractivity contribution in [2.24, 2.45) is 4.40 Å². The number of ether oxygens (including phenoxy) is 1. The summed E-state index contributed by atoms with van der Waals surface area (Å²) < 4.78 is 31.9. The largest absolute Gasteiger partial charge is 0.465 e. The van der Waals surface area contributed by atoms with Gasteiger partial charge in [0.25, 0.3) is 0 Å². The molecule has 8 heteroatoms. The van der Waals surface area contributed by atoms with E-state index in [4.69, 9.17) is 4.74 Å². The molecule has 7 nitrogen and oxygen atoms in total. The van der Waals surface area contributed by atoms with E-state index in [0.29, 0.717) is 5.69 Å². The van der Waals surface area contributed by atoms with Crippen molar-refractivity contribution in [3.8, 4) is 0 Å². The Morgan fingerprint density at radius 2 is 2.28 bits per heavy atom. The molecule has 1 aliphatic heterocycles. The highest BCUT2D eigenvalue weighted by Gasteiger charge is 2.25. The van der Waals surface area contributed by atoms with Crippen LogP contribution in [0.3, 0.4) is 0 Å². The van der Waals surface area contributed by atoms with Crippen molar-refractivity contribution < 1.29 is 17.9 Å². The Labute approximate surface area is 104 Å². The summed E-state index contributed by atoms with van der Waals surface area (Å²) in [5, 5.41) is 2.75. The summed E-state index contributed by atoms with van der Waals surface area (Å²) in [6, 6.07) is 3.22. The molecule has 1 N–H and O–H groups in total. The predicted molar refractivity (Wildman–Crippen MR) is 63.7 cm³/mol. The fourth-order valence-electron chi connectivity index (χ4n) is 1.46. The number of nitrogens with zero attached hydrogens (tertiary/aromatic N) is 2. The molecule has 1 aromatic rings. The van der Waals surface area contributed by atoms with Gasteiger partial charge in [0.2, 0.25) is 5.03 Å². The summed E-state index contributed by atoms with van der Waals surface area (Å²) in [4.78, 5) is 14.4. The van der Waals surface area contributed by atoms with E-state index >= 15 is 0 Å². The summed E-state index contributed by atoms with van der Waals surface area (Å²) in [6.07, 6.45) is 1.59. The normalized spacial score (nSPS) is 16.2. The van der Waals surface area contributed by atoms with Crippen molar-refractivity contribution in [3.05, 3.63) is 18.3 Å². The summed E-state index contributed by atoms with van der Waals surface area (Å²) in [5.74, 6) is -0.187. The summed E-state index contributed by atoms with van der Waals surface area (Å²) in [5.41, 5.74) is 0.380. The minimum atomic E-state index is -3.77. The zero-order valence-electron chi connectivity index (χ0n) is 9.58. The first-order chi connectivity index (χ1) is 8.49. The average Bonchev–Trinajstić information content (AvgIpc) is 2.27. The molecule has 2 rings (SSSR count). The molecule has 2 heterocycles. The summed E-state index contributed by atoms with van der Waals surface area (Å²) in [7, 11) is -3.77. The lowest BCUT2D eigenvalue weighted by Crippen LogP contribution is -2.23. The maximum Gasteiger partial charge on any atom is 0.303 e. The van der Waals surface area contributed by atoms with Crippen LogP contribution < -0.4 is 5.32 Å². The lowest BCUT2D eigenvalue weighted by Gasteiger charge is -2.16. The van der Waals surface area contributed by atoms with Crippen LogP contribution in [0.2, 0.25) is 0 Å². The molecule has 1 aliphatic rings. The van der Waals surface area contributed by atoms with Crippen LogP contribution in [0.4, 0.5) is 5.69 Å². The molecule has 0 radical (unpaired) electrons. The predicted octanol–water partition coefficient (Wildman–Crippen LogP) is 0.547. The van der Waals surface area contributed by atoms with Gasteiger partial charge in [-0.1, -0.05) is 0 Å². The van der Waals surface area contributed by atoms with Gasteiger partial charge in [-0.15, -0.1) is 4.40 Å². The smallest absolute Gasteiger partial charge is 0.303 e. The lowest BCUT2D eigenvalue weighted by atomic mass is 10.3. The first-order valence-electron chi connectivity index (χ1n) is 5.18. The Hall–Kier alpha value is -1.96. The zero-order valence-corrected chi connectivity index (χ0v) is 10.4. The topological polar surface area (TPSA) is 97.7 Å². The molecule has 96 valence electrons. The number of amidine groups is 1. The van der Waals surface area contributed by atoms with E-state index in [1.54, 1.807) is 12.1 Å². The van der Waals surface area contributed by atoms with Crippen molar-refractivity contribution in [3.63, 3.8) is 0 Å². The summed E-state index contributed by atoms with van der Waals surface area (Å²) in [6.45, 7) is 1.36. The fourth-order valence-corrected chi connectivity index (χ4v) is 2.56. The van der Waals surface area contributed by atoms with Gasteiger partial charge in [-0.3, -0.25) is 4.79 Å². The van der Waals surface area contributed by atoms with Crippen LogP contribution in [0, 0.1) is 0 Å². The molecule has 0 amide bonds. The number of esters is 1. The van der Waals surface area contributed by atoms with Crippen LogP contribution >= 0.6 is 0 Å². The molecule has 0 spiro atoms. The van der Waals surface area contributed by atoms with E-state index in [1.165, 1.54) is 13.1 Å². The minimum Gasteiger partial charge on any atom is -0.465 e. The van der Waals surface area contributed by atoms with E-state index < -0.39 is 16.0 Å². The zero-order chi connectivity index (χ0) is 13.2. The van der Waals surface area contributed by atoms with Crippen molar-refractivity contribution in [2.75, 3.05) is 11.9 Å². The van der Waals surface area contributed by atoms with E-state index in [1.807, 2.05) is 0 Å². The maximum absolute atomic E-state index is 11.8. The molecule has 0 atom stereocenters. The highest BCUT2D eigenvalue weighted by atomic mass is 32.2. The molecule has 0 bridgehead atoms. The standard InChI is InChI=1S/C10H11N3O4S/c1-7(14)17-6-4-9-12-8-3-2-5-11-10(8)18(15,16)13-9/h2-3,5H,4,6H2,1H3,(H,12,13). The van der Waals surface area contributed by atoms with Crippen LogP contribution in [0.1, 0.15) is 13.3 Å². The third kappa shape index (κ3) is 2.65. The van der Waals surface area contributed by atoms with Crippen molar-refractivity contribution in [1.82, 2.24) is 4.98 Å². The molecule has 0 aromatic carbocycles. The number of anilines is 1. The second-order valence-corrected chi connectivity index (χ2v) is 5.10. The van der Waals surface area contributed by atoms with Crippen molar-refractivity contribution >= 4 is 27.5 Å². The Morgan fingerprint density at radius 1 is 1.50 bits per heavy atom. The SMILES string of the molecule is CC(=O)OCCC1=NS(=O)(=O)c2ncccc2N1. The van der Waals surface area contributed by atoms with Gasteiger partial charge in [-0.05, 0) is 12.1 Å². The number of fused-ring (bicyclic) bond motifs is 1. The first-order valence-corrected chi connectivity index (χ1v) is 6.62. The Morgan fingerprint density at radius 3 is 3.00 bits per heavy atom. The number of pyridine rings is 1. The van der Waals surface area contributed by atoms with Crippen LogP contribution in [-0.4, -0.2) is 31.8 Å². The number of sulfonamides is 1. The molecule has 0 saturated carbocycles. The highest BCUT2D eigenvalue weighted by Crippen LogP contribution is 2.24. The molecule has 18 heavy (non-hydrogen) atoms. The van der Waals surface area contributed by atoms with Gasteiger partial charge in [-0.2, -0.15) is 8.42 Å². The van der Waals surface area contributed by atoms with Gasteiger partial charge in [0, 0.05) is 19.5 Å². The quantitative estimate of drug-likeness (QED) is 0.804. The van der Waals surface area contributed by atoms with Crippen molar-refractivity contribution in [2.45, 2.75) is 18.4 Å². The molecule has 0 aliphatic carbocycles. The fraction of sp³-hybridized carbons (Fsp3) is 0.300. The van der Waals surface area contributed by atoms with Crippen LogP contribution in [0.5, 0.6) is 0 Å². The Bertz CT molecular complexity index is 609. The van der Waals surface area contributed by atoms with Crippen LogP contribution in [-0.2, 0) is 19.6 Å². The van der Waals surface area contributed by atoms with Crippen LogP contribution in [0.15, 0.2) is 27.8 Å².